The molecule has 0 fully saturated rings. The van der Waals surface area contributed by atoms with Gasteiger partial charge in [-0.2, -0.15) is 0 Å². The molecule has 31 heavy (non-hydrogen) atoms. The predicted molar refractivity (Wildman–Crippen MR) is 95.6 cm³/mol. The molecule has 3 N–H and O–H groups in total. The second-order valence-corrected chi connectivity index (χ2v) is 7.26. The number of benzene rings is 2. The third-order valence-electron chi connectivity index (χ3n) is 3.68. The number of halogens is 5. The number of ether oxygens (including phenoxy) is 1. The molecule has 2 aromatic carbocycles. The number of sulfonamides is 1. The highest BCUT2D eigenvalue weighted by atomic mass is 32.2. The van der Waals surface area contributed by atoms with Gasteiger partial charge in [0.1, 0.15) is 0 Å². The van der Waals surface area contributed by atoms with E-state index in [4.69, 9.17) is 10.5 Å². The van der Waals surface area contributed by atoms with Crippen LogP contribution in [-0.2, 0) is 14.8 Å². The first-order valence-electron chi connectivity index (χ1n) is 7.70. The summed E-state index contributed by atoms with van der Waals surface area (Å²) >= 11 is 0. The van der Waals surface area contributed by atoms with Crippen LogP contribution >= 0.6 is 0 Å². The topological polar surface area (TPSA) is 142 Å². The molecule has 15 heteroatoms. The van der Waals surface area contributed by atoms with Gasteiger partial charge in [-0.05, 0) is 18.2 Å². The standard InChI is InChI=1S/C16H10F5N3O6S/c1-30-9-3-2-6(4-8(9)24(26)27)23-31(28,29)10(16(22)25)5-7-11(17)13(19)15(21)14(20)12(7)18/h2-5,23H,1H3,(H2,22,25)/b10-5-. The highest BCUT2D eigenvalue weighted by molar-refractivity contribution is 7.97. The Kier molecular flexibility index (Phi) is 6.49. The lowest BCUT2D eigenvalue weighted by atomic mass is 10.1. The number of nitrogens with zero attached hydrogens (tertiary/aromatic N) is 1. The summed E-state index contributed by atoms with van der Waals surface area (Å²) in [5, 5.41) is 11.0. The predicted octanol–water partition coefficient (Wildman–Crippen LogP) is 2.57. The van der Waals surface area contributed by atoms with Gasteiger partial charge in [-0.25, -0.2) is 30.4 Å². The third-order valence-corrected chi connectivity index (χ3v) is 5.08. The van der Waals surface area contributed by atoms with E-state index in [0.29, 0.717) is 6.07 Å². The van der Waals surface area contributed by atoms with Crippen molar-refractivity contribution in [3.63, 3.8) is 0 Å². The molecule has 0 unspecified atom stereocenters. The Morgan fingerprint density at radius 1 is 1.10 bits per heavy atom. The van der Waals surface area contributed by atoms with Crippen LogP contribution < -0.4 is 15.2 Å². The number of nitro groups is 1. The molecular weight excluding hydrogens is 457 g/mol. The van der Waals surface area contributed by atoms with E-state index in [1.165, 1.54) is 0 Å². The minimum Gasteiger partial charge on any atom is -0.490 e. The second-order valence-electron chi connectivity index (χ2n) is 5.61. The summed E-state index contributed by atoms with van der Waals surface area (Å²) in [4.78, 5) is 20.1. The number of hydrogen-bond donors (Lipinski definition) is 2. The second kappa shape index (κ2) is 8.55. The van der Waals surface area contributed by atoms with Crippen molar-refractivity contribution < 1.29 is 44.8 Å². The SMILES string of the molecule is COc1ccc(NS(=O)(=O)/C(=C\c2c(F)c(F)c(F)c(F)c2F)C(N)=O)cc1[N+](=O)[O-]. The van der Waals surface area contributed by atoms with Gasteiger partial charge in [0.15, 0.2) is 33.9 Å². The van der Waals surface area contributed by atoms with Crippen molar-refractivity contribution in [2.75, 3.05) is 11.8 Å². The molecule has 0 atom stereocenters. The molecule has 0 radical (unpaired) electrons. The van der Waals surface area contributed by atoms with Crippen LogP contribution in [0.15, 0.2) is 23.1 Å². The minimum atomic E-state index is -5.10. The summed E-state index contributed by atoms with van der Waals surface area (Å²) < 4.78 is 98.8. The summed E-state index contributed by atoms with van der Waals surface area (Å²) in [7, 11) is -4.00. The van der Waals surface area contributed by atoms with Crippen molar-refractivity contribution >= 4 is 33.4 Å². The van der Waals surface area contributed by atoms with Crippen LogP contribution in [0.25, 0.3) is 6.08 Å². The van der Waals surface area contributed by atoms with Gasteiger partial charge in [-0.3, -0.25) is 19.6 Å². The zero-order chi connectivity index (χ0) is 23.7. The smallest absolute Gasteiger partial charge is 0.312 e. The lowest BCUT2D eigenvalue weighted by molar-refractivity contribution is -0.385. The molecular formula is C16H10F5N3O6S. The number of carbonyl (C=O) groups excluding carboxylic acids is 1. The maximum atomic E-state index is 13.8. The van der Waals surface area contributed by atoms with E-state index in [0.717, 1.165) is 19.2 Å². The molecule has 166 valence electrons. The Bertz CT molecular complexity index is 1200. The Morgan fingerprint density at radius 3 is 2.06 bits per heavy atom. The van der Waals surface area contributed by atoms with Gasteiger partial charge >= 0.3 is 5.69 Å². The van der Waals surface area contributed by atoms with Gasteiger partial charge in [0.05, 0.1) is 23.3 Å². The van der Waals surface area contributed by atoms with Gasteiger partial charge in [-0.15, -0.1) is 0 Å². The maximum Gasteiger partial charge on any atom is 0.312 e. The fourth-order valence-electron chi connectivity index (χ4n) is 2.27. The zero-order valence-electron chi connectivity index (χ0n) is 15.1. The fourth-order valence-corrected chi connectivity index (χ4v) is 3.35. The molecule has 0 saturated carbocycles. The summed E-state index contributed by atoms with van der Waals surface area (Å²) in [6, 6.07) is 2.65. The molecule has 0 bridgehead atoms. The van der Waals surface area contributed by atoms with E-state index in [2.05, 4.69) is 0 Å². The normalized spacial score (nSPS) is 11.9. The van der Waals surface area contributed by atoms with Crippen molar-refractivity contribution in [3.05, 3.63) is 67.9 Å². The number of amides is 1. The first-order valence-corrected chi connectivity index (χ1v) is 9.18. The quantitative estimate of drug-likeness (QED) is 0.160. The van der Waals surface area contributed by atoms with Crippen LogP contribution in [0.2, 0.25) is 0 Å². The van der Waals surface area contributed by atoms with Crippen molar-refractivity contribution in [1.82, 2.24) is 0 Å². The van der Waals surface area contributed by atoms with E-state index < -0.39 is 71.8 Å². The number of carbonyl (C=O) groups is 1. The Labute approximate surface area is 170 Å². The van der Waals surface area contributed by atoms with Gasteiger partial charge in [0.2, 0.25) is 5.82 Å². The largest absolute Gasteiger partial charge is 0.490 e. The Morgan fingerprint density at radius 2 is 1.61 bits per heavy atom. The van der Waals surface area contributed by atoms with Crippen molar-refractivity contribution in [2.24, 2.45) is 5.73 Å². The van der Waals surface area contributed by atoms with Crippen LogP contribution in [0.5, 0.6) is 5.75 Å². The van der Waals surface area contributed by atoms with E-state index in [-0.39, 0.29) is 11.8 Å². The third kappa shape index (κ3) is 4.55. The number of rotatable bonds is 7. The molecule has 1 amide bonds. The molecule has 0 aliphatic rings. The van der Waals surface area contributed by atoms with E-state index >= 15 is 0 Å². The number of nitrogens with two attached hydrogens (primary N) is 1. The van der Waals surface area contributed by atoms with Gasteiger partial charge in [-0.1, -0.05) is 0 Å². The van der Waals surface area contributed by atoms with Crippen LogP contribution in [0.1, 0.15) is 5.56 Å². The molecule has 0 spiro atoms. The molecule has 0 saturated heterocycles. The number of anilines is 1. The van der Waals surface area contributed by atoms with Crippen LogP contribution in [-0.4, -0.2) is 26.4 Å². The fraction of sp³-hybridized carbons (Fsp3) is 0.0625. The number of primary amides is 1. The Balaban J connectivity index is 2.62. The molecule has 0 aliphatic heterocycles. The summed E-state index contributed by atoms with van der Waals surface area (Å²) in [5.74, 6) is -14.2. The summed E-state index contributed by atoms with van der Waals surface area (Å²) in [6.45, 7) is 0. The number of hydrogen-bond acceptors (Lipinski definition) is 6. The first-order chi connectivity index (χ1) is 14.3. The minimum absolute atomic E-state index is 0.154. The van der Waals surface area contributed by atoms with Gasteiger partial charge in [0, 0.05) is 6.07 Å². The van der Waals surface area contributed by atoms with Crippen LogP contribution in [0.4, 0.5) is 33.3 Å². The van der Waals surface area contributed by atoms with Crippen molar-refractivity contribution in [2.45, 2.75) is 0 Å². The van der Waals surface area contributed by atoms with Crippen LogP contribution in [0.3, 0.4) is 0 Å². The molecule has 0 aliphatic carbocycles. The monoisotopic (exact) mass is 467 g/mol. The number of methoxy groups -OCH3 is 1. The van der Waals surface area contributed by atoms with E-state index in [9.17, 15) is 45.3 Å². The summed E-state index contributed by atoms with van der Waals surface area (Å²) in [5.41, 5.74) is 1.96. The zero-order valence-corrected chi connectivity index (χ0v) is 15.9. The van der Waals surface area contributed by atoms with Gasteiger partial charge < -0.3 is 10.5 Å². The lowest BCUT2D eigenvalue weighted by Crippen LogP contribution is -2.26. The highest BCUT2D eigenvalue weighted by Gasteiger charge is 2.29. The van der Waals surface area contributed by atoms with E-state index in [1.54, 1.807) is 4.72 Å². The average Bonchev–Trinajstić information content (AvgIpc) is 2.69. The van der Waals surface area contributed by atoms with Crippen molar-refractivity contribution in [3.8, 4) is 5.75 Å². The van der Waals surface area contributed by atoms with Crippen molar-refractivity contribution in [1.29, 1.82) is 0 Å². The molecule has 0 heterocycles. The molecule has 2 aromatic rings. The van der Waals surface area contributed by atoms with Crippen LogP contribution in [0, 0.1) is 39.2 Å². The highest BCUT2D eigenvalue weighted by Crippen LogP contribution is 2.31. The average molecular weight is 467 g/mol. The Hall–Kier alpha value is -3.75. The maximum absolute atomic E-state index is 13.8. The lowest BCUT2D eigenvalue weighted by Gasteiger charge is -2.11. The number of nitrogens with one attached hydrogen (secondary N) is 1. The molecule has 9 nitrogen and oxygen atoms in total. The van der Waals surface area contributed by atoms with E-state index in [1.807, 2.05) is 0 Å². The first kappa shape index (κ1) is 23.5. The number of nitro benzene ring substituents is 1. The molecule has 2 rings (SSSR count). The molecule has 0 aromatic heterocycles. The summed E-state index contributed by atoms with van der Waals surface area (Å²) in [6.07, 6.45) is -0.154. The van der Waals surface area contributed by atoms with Gasteiger partial charge in [0.25, 0.3) is 15.9 Å².